The lowest BCUT2D eigenvalue weighted by Gasteiger charge is -2.23. The summed E-state index contributed by atoms with van der Waals surface area (Å²) in [6, 6.07) is 13.6. The Morgan fingerprint density at radius 1 is 1.07 bits per heavy atom. The molecule has 0 fully saturated rings. The van der Waals surface area contributed by atoms with Gasteiger partial charge in [0.1, 0.15) is 18.0 Å². The lowest BCUT2D eigenvalue weighted by molar-refractivity contribution is -0.120. The second-order valence-corrected chi connectivity index (χ2v) is 8.17. The number of anilines is 1. The Morgan fingerprint density at radius 2 is 1.64 bits per heavy atom. The molecule has 2 rings (SSSR count). The van der Waals surface area contributed by atoms with Gasteiger partial charge in [-0.3, -0.25) is 9.10 Å². The molecule has 2 aromatic carbocycles. The predicted octanol–water partition coefficient (Wildman–Crippen LogP) is 2.74. The molecule has 0 radical (unpaired) electrons. The van der Waals surface area contributed by atoms with Gasteiger partial charge >= 0.3 is 0 Å². The predicted molar refractivity (Wildman–Crippen MR) is 109 cm³/mol. The van der Waals surface area contributed by atoms with Crippen LogP contribution in [0.4, 0.5) is 5.69 Å². The lowest BCUT2D eigenvalue weighted by atomic mass is 10.1. The van der Waals surface area contributed by atoms with Crippen molar-refractivity contribution < 1.29 is 22.7 Å². The molecular weight excluding hydrogens is 380 g/mol. The molecule has 1 unspecified atom stereocenters. The second-order valence-electron chi connectivity index (χ2n) is 6.26. The average Bonchev–Trinajstić information content (AvgIpc) is 2.66. The highest BCUT2D eigenvalue weighted by Gasteiger charge is 2.22. The van der Waals surface area contributed by atoms with E-state index in [-0.39, 0.29) is 12.6 Å². The SMILES string of the molecule is CCOc1ccc(C(C)NC(=O)CN(c2ccc(OC)cc2)S(C)(=O)=O)cc1. The lowest BCUT2D eigenvalue weighted by Crippen LogP contribution is -2.41. The van der Waals surface area contributed by atoms with Gasteiger partial charge in [0.05, 0.1) is 31.7 Å². The maximum absolute atomic E-state index is 12.5. The van der Waals surface area contributed by atoms with Crippen LogP contribution in [0.2, 0.25) is 0 Å². The maximum atomic E-state index is 12.5. The molecule has 0 spiro atoms. The maximum Gasteiger partial charge on any atom is 0.241 e. The van der Waals surface area contributed by atoms with Crippen molar-refractivity contribution >= 4 is 21.6 Å². The van der Waals surface area contributed by atoms with Crippen molar-refractivity contribution in [1.29, 1.82) is 0 Å². The summed E-state index contributed by atoms with van der Waals surface area (Å²) < 4.78 is 35.9. The fourth-order valence-corrected chi connectivity index (χ4v) is 3.53. The zero-order valence-electron chi connectivity index (χ0n) is 16.5. The van der Waals surface area contributed by atoms with Crippen molar-refractivity contribution in [1.82, 2.24) is 5.32 Å². The summed E-state index contributed by atoms with van der Waals surface area (Å²) in [4.78, 5) is 12.5. The van der Waals surface area contributed by atoms with E-state index in [1.165, 1.54) is 7.11 Å². The monoisotopic (exact) mass is 406 g/mol. The highest BCUT2D eigenvalue weighted by molar-refractivity contribution is 7.92. The minimum Gasteiger partial charge on any atom is -0.497 e. The van der Waals surface area contributed by atoms with E-state index >= 15 is 0 Å². The number of hydrogen-bond acceptors (Lipinski definition) is 5. The zero-order valence-corrected chi connectivity index (χ0v) is 17.3. The van der Waals surface area contributed by atoms with Crippen LogP contribution in [0.15, 0.2) is 48.5 Å². The molecular formula is C20H26N2O5S. The fourth-order valence-electron chi connectivity index (χ4n) is 2.67. The normalized spacial score (nSPS) is 12.1. The van der Waals surface area contributed by atoms with Gasteiger partial charge in [-0.15, -0.1) is 0 Å². The topological polar surface area (TPSA) is 84.9 Å². The first-order valence-corrected chi connectivity index (χ1v) is 10.7. The Bertz CT molecular complexity index is 880. The van der Waals surface area contributed by atoms with Crippen LogP contribution in [0, 0.1) is 0 Å². The number of nitrogens with one attached hydrogen (secondary N) is 1. The Hall–Kier alpha value is -2.74. The Labute approximate surface area is 166 Å². The van der Waals surface area contributed by atoms with E-state index < -0.39 is 15.9 Å². The first kappa shape index (κ1) is 21.6. The van der Waals surface area contributed by atoms with Crippen molar-refractivity contribution in [2.24, 2.45) is 0 Å². The molecule has 2 aromatic rings. The number of sulfonamides is 1. The molecule has 0 heterocycles. The van der Waals surface area contributed by atoms with Crippen molar-refractivity contribution in [2.45, 2.75) is 19.9 Å². The van der Waals surface area contributed by atoms with Crippen LogP contribution in [0.3, 0.4) is 0 Å². The number of methoxy groups -OCH3 is 1. The van der Waals surface area contributed by atoms with Gasteiger partial charge in [-0.1, -0.05) is 12.1 Å². The summed E-state index contributed by atoms with van der Waals surface area (Å²) in [7, 11) is -2.10. The summed E-state index contributed by atoms with van der Waals surface area (Å²) in [6.07, 6.45) is 1.07. The van der Waals surface area contributed by atoms with Crippen molar-refractivity contribution in [2.75, 3.05) is 30.8 Å². The van der Waals surface area contributed by atoms with Crippen LogP contribution in [0.1, 0.15) is 25.5 Å². The van der Waals surface area contributed by atoms with Gasteiger partial charge in [-0.2, -0.15) is 0 Å². The van der Waals surface area contributed by atoms with Gasteiger partial charge in [0, 0.05) is 0 Å². The molecule has 28 heavy (non-hydrogen) atoms. The molecule has 0 bridgehead atoms. The van der Waals surface area contributed by atoms with Crippen LogP contribution < -0.4 is 19.1 Å². The number of hydrogen-bond donors (Lipinski definition) is 1. The molecule has 0 aliphatic carbocycles. The molecule has 0 saturated carbocycles. The number of amides is 1. The Morgan fingerprint density at radius 3 is 2.14 bits per heavy atom. The molecule has 1 N–H and O–H groups in total. The molecule has 8 heteroatoms. The van der Waals surface area contributed by atoms with Gasteiger partial charge in [-0.05, 0) is 55.8 Å². The first-order valence-electron chi connectivity index (χ1n) is 8.88. The quantitative estimate of drug-likeness (QED) is 0.692. The molecule has 0 aliphatic heterocycles. The molecule has 0 saturated heterocycles. The van der Waals surface area contributed by atoms with Crippen LogP contribution in [-0.4, -0.2) is 40.8 Å². The number of nitrogens with zero attached hydrogens (tertiary/aromatic N) is 1. The van der Waals surface area contributed by atoms with E-state index in [4.69, 9.17) is 9.47 Å². The van der Waals surface area contributed by atoms with Crippen molar-refractivity contribution in [3.8, 4) is 11.5 Å². The minimum absolute atomic E-state index is 0.277. The van der Waals surface area contributed by atoms with E-state index in [1.807, 2.05) is 38.1 Å². The molecule has 0 aliphatic rings. The number of benzene rings is 2. The van der Waals surface area contributed by atoms with Gasteiger partial charge < -0.3 is 14.8 Å². The standard InChI is InChI=1S/C20H26N2O5S/c1-5-27-19-10-6-16(7-11-19)15(2)21-20(23)14-22(28(4,24)25)17-8-12-18(26-3)13-9-17/h6-13,15H,5,14H2,1-4H3,(H,21,23). The summed E-state index contributed by atoms with van der Waals surface area (Å²) >= 11 is 0. The van der Waals surface area contributed by atoms with E-state index in [0.717, 1.165) is 21.9 Å². The summed E-state index contributed by atoms with van der Waals surface area (Å²) in [5, 5.41) is 2.83. The number of rotatable bonds is 9. The largest absolute Gasteiger partial charge is 0.497 e. The van der Waals surface area contributed by atoms with Crippen molar-refractivity contribution in [3.63, 3.8) is 0 Å². The molecule has 1 amide bonds. The fraction of sp³-hybridized carbons (Fsp3) is 0.350. The third kappa shape index (κ3) is 5.88. The molecule has 1 atom stereocenters. The van der Waals surface area contributed by atoms with Crippen LogP contribution in [0.25, 0.3) is 0 Å². The molecule has 0 aromatic heterocycles. The highest BCUT2D eigenvalue weighted by Crippen LogP contribution is 2.22. The smallest absolute Gasteiger partial charge is 0.241 e. The van der Waals surface area contributed by atoms with Gasteiger partial charge in [0.2, 0.25) is 15.9 Å². The van der Waals surface area contributed by atoms with Crippen LogP contribution in [-0.2, 0) is 14.8 Å². The molecule has 7 nitrogen and oxygen atoms in total. The summed E-state index contributed by atoms with van der Waals surface area (Å²) in [5.74, 6) is 0.959. The second kappa shape index (κ2) is 9.45. The summed E-state index contributed by atoms with van der Waals surface area (Å²) in [6.45, 7) is 4.02. The van der Waals surface area contributed by atoms with Gasteiger partial charge in [0.15, 0.2) is 0 Å². The highest BCUT2D eigenvalue weighted by atomic mass is 32.2. The van der Waals surface area contributed by atoms with Gasteiger partial charge in [-0.25, -0.2) is 8.42 Å². The number of ether oxygens (including phenoxy) is 2. The van der Waals surface area contributed by atoms with Crippen LogP contribution in [0.5, 0.6) is 11.5 Å². The van der Waals surface area contributed by atoms with Crippen LogP contribution >= 0.6 is 0 Å². The number of carbonyl (C=O) groups excluding carboxylic acids is 1. The minimum atomic E-state index is -3.63. The first-order chi connectivity index (χ1) is 13.2. The number of carbonyl (C=O) groups is 1. The average molecular weight is 407 g/mol. The van der Waals surface area contributed by atoms with E-state index in [2.05, 4.69) is 5.32 Å². The third-order valence-corrected chi connectivity index (χ3v) is 5.26. The van der Waals surface area contributed by atoms with E-state index in [9.17, 15) is 13.2 Å². The van der Waals surface area contributed by atoms with Crippen molar-refractivity contribution in [3.05, 3.63) is 54.1 Å². The van der Waals surface area contributed by atoms with Gasteiger partial charge in [0.25, 0.3) is 0 Å². The molecule has 152 valence electrons. The Kier molecular flexibility index (Phi) is 7.28. The Balaban J connectivity index is 2.08. The third-order valence-electron chi connectivity index (χ3n) is 4.12. The van der Waals surface area contributed by atoms with E-state index in [0.29, 0.717) is 18.0 Å². The van der Waals surface area contributed by atoms with E-state index in [1.54, 1.807) is 24.3 Å². The zero-order chi connectivity index (χ0) is 20.7. The summed E-state index contributed by atoms with van der Waals surface area (Å²) in [5.41, 5.74) is 1.29.